The molecule has 1 aliphatic carbocycles. The molecule has 4 N–H and O–H groups in total. The number of aliphatic hydroxyl groups is 3. The van der Waals surface area contributed by atoms with E-state index in [1.54, 1.807) is 6.08 Å². The highest BCUT2D eigenvalue weighted by atomic mass is 16.4. The Bertz CT molecular complexity index is 382. The molecule has 1 rings (SSSR count). The van der Waals surface area contributed by atoms with E-state index in [1.165, 1.54) is 0 Å². The molecule has 1 fully saturated rings. The summed E-state index contributed by atoms with van der Waals surface area (Å²) in [5, 5.41) is 38.9. The van der Waals surface area contributed by atoms with Crippen molar-refractivity contribution < 1.29 is 25.2 Å². The minimum Gasteiger partial charge on any atom is -0.481 e. The van der Waals surface area contributed by atoms with Crippen molar-refractivity contribution in [1.82, 2.24) is 0 Å². The van der Waals surface area contributed by atoms with E-state index in [9.17, 15) is 20.1 Å². The van der Waals surface area contributed by atoms with Gasteiger partial charge in [0.2, 0.25) is 0 Å². The van der Waals surface area contributed by atoms with E-state index in [1.807, 2.05) is 6.08 Å². The fourth-order valence-electron chi connectivity index (χ4n) is 3.58. The van der Waals surface area contributed by atoms with Crippen LogP contribution in [0.3, 0.4) is 0 Å². The van der Waals surface area contributed by atoms with Gasteiger partial charge in [0.05, 0.1) is 18.3 Å². The van der Waals surface area contributed by atoms with Crippen LogP contribution in [0.1, 0.15) is 71.1 Å². The number of unbranched alkanes of at least 4 members (excludes halogenated alkanes) is 3. The van der Waals surface area contributed by atoms with Gasteiger partial charge in [0.15, 0.2) is 0 Å². The van der Waals surface area contributed by atoms with Crippen molar-refractivity contribution in [2.75, 3.05) is 0 Å². The zero-order valence-electron chi connectivity index (χ0n) is 14.8. The first kappa shape index (κ1) is 21.1. The molecule has 5 heteroatoms. The lowest BCUT2D eigenvalue weighted by Crippen LogP contribution is -2.38. The second-order valence-corrected chi connectivity index (χ2v) is 7.11. The van der Waals surface area contributed by atoms with E-state index < -0.39 is 24.3 Å². The van der Waals surface area contributed by atoms with Crippen molar-refractivity contribution >= 4 is 5.97 Å². The van der Waals surface area contributed by atoms with Gasteiger partial charge in [-0.25, -0.2) is 0 Å². The van der Waals surface area contributed by atoms with E-state index >= 15 is 0 Å². The van der Waals surface area contributed by atoms with E-state index in [0.717, 1.165) is 38.5 Å². The number of hydrogen-bond donors (Lipinski definition) is 4. The summed E-state index contributed by atoms with van der Waals surface area (Å²) < 4.78 is 0. The summed E-state index contributed by atoms with van der Waals surface area (Å²) in [4.78, 5) is 10.6. The molecule has 0 heterocycles. The fraction of sp³-hybridized carbons (Fsp3) is 0.842. The molecule has 0 aromatic heterocycles. The highest BCUT2D eigenvalue weighted by molar-refractivity contribution is 5.66. The van der Waals surface area contributed by atoms with Gasteiger partial charge >= 0.3 is 5.97 Å². The number of hydrogen-bond acceptors (Lipinski definition) is 4. The Morgan fingerprint density at radius 3 is 2.58 bits per heavy atom. The monoisotopic (exact) mass is 342 g/mol. The van der Waals surface area contributed by atoms with Crippen molar-refractivity contribution in [3.63, 3.8) is 0 Å². The van der Waals surface area contributed by atoms with Gasteiger partial charge in [0.25, 0.3) is 0 Å². The minimum absolute atomic E-state index is 0.0290. The molecular weight excluding hydrogens is 308 g/mol. The average Bonchev–Trinajstić information content (AvgIpc) is 2.51. The number of rotatable bonds is 11. The summed E-state index contributed by atoms with van der Waals surface area (Å²) in [6.07, 6.45) is 9.42. The molecule has 1 saturated carbocycles. The molecule has 0 aromatic carbocycles. The molecule has 0 amide bonds. The Labute approximate surface area is 145 Å². The van der Waals surface area contributed by atoms with Crippen molar-refractivity contribution in [3.8, 4) is 0 Å². The third-order valence-electron chi connectivity index (χ3n) is 4.96. The molecule has 0 aromatic rings. The van der Waals surface area contributed by atoms with Gasteiger partial charge in [-0.3, -0.25) is 4.79 Å². The van der Waals surface area contributed by atoms with Crippen LogP contribution in [0.4, 0.5) is 0 Å². The lowest BCUT2D eigenvalue weighted by Gasteiger charge is -2.37. The van der Waals surface area contributed by atoms with Crippen molar-refractivity contribution in [1.29, 1.82) is 0 Å². The summed E-state index contributed by atoms with van der Waals surface area (Å²) in [6, 6.07) is 0. The highest BCUT2D eigenvalue weighted by Crippen LogP contribution is 2.35. The van der Waals surface area contributed by atoms with E-state index in [-0.39, 0.29) is 18.3 Å². The Morgan fingerprint density at radius 1 is 1.17 bits per heavy atom. The van der Waals surface area contributed by atoms with Gasteiger partial charge in [-0.2, -0.15) is 0 Å². The summed E-state index contributed by atoms with van der Waals surface area (Å²) in [6.45, 7) is 2.13. The predicted octanol–water partition coefficient (Wildman–Crippen LogP) is 2.88. The Kier molecular flexibility index (Phi) is 10.2. The molecule has 0 bridgehead atoms. The largest absolute Gasteiger partial charge is 0.481 e. The first-order valence-corrected chi connectivity index (χ1v) is 9.38. The molecule has 0 unspecified atom stereocenters. The van der Waals surface area contributed by atoms with Crippen LogP contribution < -0.4 is 0 Å². The molecule has 0 radical (unpaired) electrons. The average molecular weight is 342 g/mol. The lowest BCUT2D eigenvalue weighted by molar-refractivity contribution is -0.137. The molecular formula is C19H34O5. The van der Waals surface area contributed by atoms with Crippen molar-refractivity contribution in [2.45, 2.75) is 89.4 Å². The lowest BCUT2D eigenvalue weighted by atomic mass is 9.73. The third kappa shape index (κ3) is 8.27. The van der Waals surface area contributed by atoms with E-state index in [2.05, 4.69) is 6.92 Å². The normalized spacial score (nSPS) is 29.0. The zero-order valence-corrected chi connectivity index (χ0v) is 14.8. The molecule has 24 heavy (non-hydrogen) atoms. The molecule has 5 nitrogen and oxygen atoms in total. The van der Waals surface area contributed by atoms with E-state index in [0.29, 0.717) is 19.3 Å². The van der Waals surface area contributed by atoms with Crippen LogP contribution in [-0.4, -0.2) is 44.7 Å². The smallest absolute Gasteiger partial charge is 0.303 e. The number of aliphatic carboxylic acids is 1. The fourth-order valence-corrected chi connectivity index (χ4v) is 3.58. The van der Waals surface area contributed by atoms with Crippen LogP contribution in [0.5, 0.6) is 0 Å². The summed E-state index contributed by atoms with van der Waals surface area (Å²) in [5.41, 5.74) is 0. The first-order chi connectivity index (χ1) is 11.4. The second-order valence-electron chi connectivity index (χ2n) is 7.11. The molecule has 5 atom stereocenters. The van der Waals surface area contributed by atoms with Gasteiger partial charge in [-0.1, -0.05) is 44.8 Å². The quantitative estimate of drug-likeness (QED) is 0.342. The van der Waals surface area contributed by atoms with Crippen LogP contribution >= 0.6 is 0 Å². The van der Waals surface area contributed by atoms with Crippen LogP contribution in [0.15, 0.2) is 12.2 Å². The second kappa shape index (κ2) is 11.6. The van der Waals surface area contributed by atoms with Gasteiger partial charge in [0, 0.05) is 6.42 Å². The number of carbonyl (C=O) groups is 1. The van der Waals surface area contributed by atoms with E-state index in [4.69, 9.17) is 5.11 Å². The van der Waals surface area contributed by atoms with Crippen LogP contribution in [0.25, 0.3) is 0 Å². The Balaban J connectivity index is 2.52. The highest BCUT2D eigenvalue weighted by Gasteiger charge is 2.34. The maximum Gasteiger partial charge on any atom is 0.303 e. The van der Waals surface area contributed by atoms with Gasteiger partial charge in [-0.15, -0.1) is 0 Å². The number of carboxylic acid groups (broad SMARTS) is 1. The maximum atomic E-state index is 10.6. The number of allylic oxidation sites excluding steroid dienone is 1. The maximum absolute atomic E-state index is 10.6. The molecule has 0 spiro atoms. The first-order valence-electron chi connectivity index (χ1n) is 9.38. The van der Waals surface area contributed by atoms with Gasteiger partial charge in [0.1, 0.15) is 0 Å². The Morgan fingerprint density at radius 2 is 1.92 bits per heavy atom. The SMILES string of the molecule is CCCCC[C@H](O)/C=C/[C@H]1C[C@H](O)C[C@H](O)[C@@H]1CCCCC(=O)O. The van der Waals surface area contributed by atoms with Crippen LogP contribution in [0.2, 0.25) is 0 Å². The Hall–Kier alpha value is -0.910. The van der Waals surface area contributed by atoms with Gasteiger partial charge in [-0.05, 0) is 43.9 Å². The molecule has 0 saturated heterocycles. The summed E-state index contributed by atoms with van der Waals surface area (Å²) in [7, 11) is 0. The van der Waals surface area contributed by atoms with Crippen molar-refractivity contribution in [2.24, 2.45) is 11.8 Å². The van der Waals surface area contributed by atoms with Crippen LogP contribution in [-0.2, 0) is 4.79 Å². The van der Waals surface area contributed by atoms with Gasteiger partial charge < -0.3 is 20.4 Å². The topological polar surface area (TPSA) is 98.0 Å². The minimum atomic E-state index is -0.790. The van der Waals surface area contributed by atoms with Crippen LogP contribution in [0, 0.1) is 11.8 Å². The van der Waals surface area contributed by atoms with Crippen molar-refractivity contribution in [3.05, 3.63) is 12.2 Å². The zero-order chi connectivity index (χ0) is 17.9. The number of carboxylic acids is 1. The molecule has 140 valence electrons. The molecule has 0 aliphatic heterocycles. The number of aliphatic hydroxyl groups excluding tert-OH is 3. The predicted molar refractivity (Wildman–Crippen MR) is 93.6 cm³/mol. The standard InChI is InChI=1S/C19H34O5/c1-2-3-4-7-15(20)11-10-14-12-16(21)13-18(22)17(14)8-5-6-9-19(23)24/h10-11,14-18,20-22H,2-9,12-13H2,1H3,(H,23,24)/b11-10+/t14-,15-,16-,17+,18-/m0/s1. The summed E-state index contributed by atoms with van der Waals surface area (Å²) >= 11 is 0. The third-order valence-corrected chi connectivity index (χ3v) is 4.96. The molecule has 1 aliphatic rings. The summed E-state index contributed by atoms with van der Waals surface area (Å²) in [5.74, 6) is -0.725.